The average Bonchev–Trinajstić information content (AvgIpc) is 3.06. The molecule has 23 heavy (non-hydrogen) atoms. The van der Waals surface area contributed by atoms with Crippen molar-refractivity contribution in [3.05, 3.63) is 35.9 Å². The van der Waals surface area contributed by atoms with E-state index in [1.807, 2.05) is 32.2 Å². The van der Waals surface area contributed by atoms with Gasteiger partial charge in [0, 0.05) is 39.2 Å². The third kappa shape index (κ3) is 6.20. The number of ether oxygens (including phenoxy) is 2. The Hall–Kier alpha value is -1.59. The maximum Gasteiger partial charge on any atom is 0.193 e. The summed E-state index contributed by atoms with van der Waals surface area (Å²) in [4.78, 5) is 6.68. The van der Waals surface area contributed by atoms with E-state index in [-0.39, 0.29) is 0 Å². The number of nitrogens with zero attached hydrogens (tertiary/aromatic N) is 2. The van der Waals surface area contributed by atoms with Gasteiger partial charge in [-0.3, -0.25) is 4.99 Å². The Morgan fingerprint density at radius 2 is 2.13 bits per heavy atom. The van der Waals surface area contributed by atoms with Crippen LogP contribution in [-0.4, -0.2) is 57.4 Å². The molecular formula is C18H29N3O2. The molecule has 0 amide bonds. The summed E-state index contributed by atoms with van der Waals surface area (Å²) >= 11 is 0. The second-order valence-corrected chi connectivity index (χ2v) is 5.77. The van der Waals surface area contributed by atoms with Gasteiger partial charge in [-0.25, -0.2) is 0 Å². The zero-order chi connectivity index (χ0) is 16.3. The van der Waals surface area contributed by atoms with Gasteiger partial charge in [0.05, 0.1) is 19.8 Å². The van der Waals surface area contributed by atoms with E-state index >= 15 is 0 Å². The van der Waals surface area contributed by atoms with Crippen LogP contribution >= 0.6 is 0 Å². The van der Waals surface area contributed by atoms with E-state index in [1.165, 1.54) is 12.0 Å². The second kappa shape index (κ2) is 10.2. The zero-order valence-corrected chi connectivity index (χ0v) is 14.3. The average molecular weight is 319 g/mol. The minimum absolute atomic E-state index is 0.614. The van der Waals surface area contributed by atoms with Crippen molar-refractivity contribution in [2.45, 2.75) is 20.0 Å². The minimum atomic E-state index is 0.614. The van der Waals surface area contributed by atoms with Crippen molar-refractivity contribution in [1.82, 2.24) is 10.2 Å². The van der Waals surface area contributed by atoms with Gasteiger partial charge in [-0.15, -0.1) is 0 Å². The van der Waals surface area contributed by atoms with Crippen molar-refractivity contribution in [3.63, 3.8) is 0 Å². The first-order chi connectivity index (χ1) is 11.3. The molecule has 1 saturated heterocycles. The van der Waals surface area contributed by atoms with Crippen LogP contribution in [0.2, 0.25) is 0 Å². The van der Waals surface area contributed by atoms with Gasteiger partial charge in [0.15, 0.2) is 5.96 Å². The minimum Gasteiger partial charge on any atom is -0.381 e. The lowest BCUT2D eigenvalue weighted by Crippen LogP contribution is -2.41. The SMILES string of the molecule is CCOCC1CCN(C(=NC)NCCOCc2ccccc2)C1. The van der Waals surface area contributed by atoms with E-state index in [9.17, 15) is 0 Å². The van der Waals surface area contributed by atoms with E-state index in [1.54, 1.807) is 0 Å². The molecule has 0 saturated carbocycles. The number of likely N-dealkylation sites (tertiary alicyclic amines) is 1. The normalized spacial score (nSPS) is 18.4. The van der Waals surface area contributed by atoms with Crippen LogP contribution < -0.4 is 5.32 Å². The van der Waals surface area contributed by atoms with Crippen molar-refractivity contribution in [1.29, 1.82) is 0 Å². The molecule has 0 bridgehead atoms. The van der Waals surface area contributed by atoms with Crippen LogP contribution in [0.3, 0.4) is 0 Å². The Bertz CT molecular complexity index is 465. The summed E-state index contributed by atoms with van der Waals surface area (Å²) in [5.41, 5.74) is 1.20. The number of aliphatic imine (C=N–C) groups is 1. The molecule has 1 aromatic carbocycles. The summed E-state index contributed by atoms with van der Waals surface area (Å²) in [6.07, 6.45) is 1.17. The van der Waals surface area contributed by atoms with Crippen LogP contribution in [0, 0.1) is 5.92 Å². The first-order valence-corrected chi connectivity index (χ1v) is 8.48. The van der Waals surface area contributed by atoms with Crippen molar-refractivity contribution < 1.29 is 9.47 Å². The summed E-state index contributed by atoms with van der Waals surface area (Å²) in [5, 5.41) is 3.38. The maximum absolute atomic E-state index is 5.70. The van der Waals surface area contributed by atoms with Crippen LogP contribution in [0.25, 0.3) is 0 Å². The van der Waals surface area contributed by atoms with Crippen molar-refractivity contribution >= 4 is 5.96 Å². The van der Waals surface area contributed by atoms with Gasteiger partial charge >= 0.3 is 0 Å². The zero-order valence-electron chi connectivity index (χ0n) is 14.3. The largest absolute Gasteiger partial charge is 0.381 e. The standard InChI is InChI=1S/C18H29N3O2/c1-3-22-15-17-9-11-21(13-17)18(19-2)20-10-12-23-14-16-7-5-4-6-8-16/h4-8,17H,3,9-15H2,1-2H3,(H,19,20). The highest BCUT2D eigenvalue weighted by Gasteiger charge is 2.24. The molecule has 5 heteroatoms. The van der Waals surface area contributed by atoms with Crippen molar-refractivity contribution in [2.75, 3.05) is 46.5 Å². The molecule has 1 aromatic rings. The Morgan fingerprint density at radius 1 is 1.30 bits per heavy atom. The molecule has 1 unspecified atom stereocenters. The molecule has 1 N–H and O–H groups in total. The number of benzene rings is 1. The molecule has 2 rings (SSSR count). The molecule has 1 aliphatic heterocycles. The predicted molar refractivity (Wildman–Crippen MR) is 93.6 cm³/mol. The van der Waals surface area contributed by atoms with Gasteiger partial charge in [0.2, 0.25) is 0 Å². The summed E-state index contributed by atoms with van der Waals surface area (Å²) in [6.45, 7) is 7.85. The lowest BCUT2D eigenvalue weighted by molar-refractivity contribution is 0.114. The molecule has 0 radical (unpaired) electrons. The monoisotopic (exact) mass is 319 g/mol. The molecule has 0 aromatic heterocycles. The number of nitrogens with one attached hydrogen (secondary N) is 1. The highest BCUT2D eigenvalue weighted by Crippen LogP contribution is 2.16. The highest BCUT2D eigenvalue weighted by atomic mass is 16.5. The lowest BCUT2D eigenvalue weighted by Gasteiger charge is -2.21. The van der Waals surface area contributed by atoms with E-state index in [0.717, 1.165) is 38.8 Å². The molecule has 1 heterocycles. The van der Waals surface area contributed by atoms with E-state index < -0.39 is 0 Å². The summed E-state index contributed by atoms with van der Waals surface area (Å²) < 4.78 is 11.2. The fourth-order valence-electron chi connectivity index (χ4n) is 2.78. The number of hydrogen-bond acceptors (Lipinski definition) is 3. The van der Waals surface area contributed by atoms with Crippen LogP contribution in [0.5, 0.6) is 0 Å². The molecule has 1 fully saturated rings. The molecule has 1 aliphatic rings. The van der Waals surface area contributed by atoms with Crippen LogP contribution in [0.15, 0.2) is 35.3 Å². The molecular weight excluding hydrogens is 290 g/mol. The predicted octanol–water partition coefficient (Wildman–Crippen LogP) is 2.14. The first-order valence-electron chi connectivity index (χ1n) is 8.48. The Balaban J connectivity index is 1.62. The maximum atomic E-state index is 5.70. The summed E-state index contributed by atoms with van der Waals surface area (Å²) in [6, 6.07) is 10.2. The second-order valence-electron chi connectivity index (χ2n) is 5.77. The van der Waals surface area contributed by atoms with Crippen molar-refractivity contribution in [3.8, 4) is 0 Å². The van der Waals surface area contributed by atoms with E-state index in [2.05, 4.69) is 27.3 Å². The third-order valence-electron chi connectivity index (χ3n) is 4.00. The molecule has 5 nitrogen and oxygen atoms in total. The molecule has 1 atom stereocenters. The van der Waals surface area contributed by atoms with E-state index in [0.29, 0.717) is 19.1 Å². The van der Waals surface area contributed by atoms with Crippen LogP contribution in [0.4, 0.5) is 0 Å². The van der Waals surface area contributed by atoms with Gasteiger partial charge in [-0.2, -0.15) is 0 Å². The molecule has 128 valence electrons. The first kappa shape index (κ1) is 17.8. The smallest absolute Gasteiger partial charge is 0.193 e. The Labute approximate surface area is 139 Å². The summed E-state index contributed by atoms with van der Waals surface area (Å²) in [5.74, 6) is 1.58. The fraction of sp³-hybridized carbons (Fsp3) is 0.611. The van der Waals surface area contributed by atoms with Crippen LogP contribution in [-0.2, 0) is 16.1 Å². The molecule has 0 aliphatic carbocycles. The van der Waals surface area contributed by atoms with Gasteiger partial charge < -0.3 is 19.7 Å². The van der Waals surface area contributed by atoms with Crippen LogP contribution in [0.1, 0.15) is 18.9 Å². The van der Waals surface area contributed by atoms with Gasteiger partial charge in [0.25, 0.3) is 0 Å². The number of guanidine groups is 1. The topological polar surface area (TPSA) is 46.1 Å². The number of rotatable bonds is 8. The summed E-state index contributed by atoms with van der Waals surface area (Å²) in [7, 11) is 1.84. The fourth-order valence-corrected chi connectivity index (χ4v) is 2.78. The highest BCUT2D eigenvalue weighted by molar-refractivity contribution is 5.80. The quantitative estimate of drug-likeness (QED) is 0.453. The van der Waals surface area contributed by atoms with Gasteiger partial charge in [-0.1, -0.05) is 30.3 Å². The number of hydrogen-bond donors (Lipinski definition) is 1. The lowest BCUT2D eigenvalue weighted by atomic mass is 10.1. The Morgan fingerprint density at radius 3 is 2.87 bits per heavy atom. The van der Waals surface area contributed by atoms with Gasteiger partial charge in [-0.05, 0) is 18.9 Å². The third-order valence-corrected chi connectivity index (χ3v) is 4.00. The van der Waals surface area contributed by atoms with Gasteiger partial charge in [0.1, 0.15) is 0 Å². The van der Waals surface area contributed by atoms with E-state index in [4.69, 9.17) is 9.47 Å². The molecule has 0 spiro atoms. The van der Waals surface area contributed by atoms with Crippen molar-refractivity contribution in [2.24, 2.45) is 10.9 Å². The Kier molecular flexibility index (Phi) is 7.90.